The number of hydrogen-bond donors (Lipinski definition) is 3. The van der Waals surface area contributed by atoms with Gasteiger partial charge in [-0.15, -0.1) is 5.10 Å². The van der Waals surface area contributed by atoms with Crippen LogP contribution in [0.5, 0.6) is 11.5 Å². The Labute approximate surface area is 273 Å². The van der Waals surface area contributed by atoms with Crippen molar-refractivity contribution in [1.82, 2.24) is 30.9 Å². The van der Waals surface area contributed by atoms with Gasteiger partial charge in [0.25, 0.3) is 11.9 Å². The second kappa shape index (κ2) is 12.4. The Morgan fingerprint density at radius 3 is 2.38 bits per heavy atom. The van der Waals surface area contributed by atoms with Gasteiger partial charge in [-0.25, -0.2) is 14.7 Å². The van der Waals surface area contributed by atoms with Crippen molar-refractivity contribution in [2.75, 3.05) is 10.2 Å². The molecule has 1 fully saturated rings. The molecule has 7 rings (SSSR count). The van der Waals surface area contributed by atoms with E-state index in [4.69, 9.17) is 0 Å². The Kier molecular flexibility index (Phi) is 8.06. The van der Waals surface area contributed by atoms with Crippen molar-refractivity contribution in [2.24, 2.45) is 0 Å². The number of alkyl halides is 4. The summed E-state index contributed by atoms with van der Waals surface area (Å²) in [6.07, 6.45) is -5.33. The van der Waals surface area contributed by atoms with Crippen LogP contribution >= 0.6 is 11.3 Å². The van der Waals surface area contributed by atoms with Gasteiger partial charge >= 0.3 is 18.2 Å². The minimum Gasteiger partial charge on any atom is -0.421 e. The fraction of sp³-hybridized carbons (Fsp3) is 0.290. The molecule has 5 aromatic rings. The van der Waals surface area contributed by atoms with Crippen molar-refractivity contribution in [3.8, 4) is 11.5 Å². The molecule has 3 heterocycles. The van der Waals surface area contributed by atoms with Crippen LogP contribution in [0.2, 0.25) is 0 Å². The zero-order valence-corrected chi connectivity index (χ0v) is 25.6. The molecule has 0 saturated heterocycles. The van der Waals surface area contributed by atoms with E-state index in [-0.39, 0.29) is 26.9 Å². The summed E-state index contributed by atoms with van der Waals surface area (Å²) >= 11 is 0.705. The molecule has 3 aromatic carbocycles. The first-order valence-electron chi connectivity index (χ1n) is 15.0. The summed E-state index contributed by atoms with van der Waals surface area (Å²) in [4.78, 5) is 32.9. The molecule has 0 spiro atoms. The van der Waals surface area contributed by atoms with Gasteiger partial charge in [-0.2, -0.15) is 22.8 Å². The Morgan fingerprint density at radius 2 is 1.67 bits per heavy atom. The fourth-order valence-corrected chi connectivity index (χ4v) is 6.74. The van der Waals surface area contributed by atoms with Crippen LogP contribution in [0.15, 0.2) is 66.7 Å². The molecule has 2 aromatic heterocycles. The van der Waals surface area contributed by atoms with Crippen molar-refractivity contribution >= 4 is 44.6 Å². The molecular weight excluding hydrogens is 656 g/mol. The van der Waals surface area contributed by atoms with Crippen LogP contribution in [0, 0.1) is 0 Å². The van der Waals surface area contributed by atoms with Crippen molar-refractivity contribution in [3.05, 3.63) is 83.4 Å². The maximum absolute atomic E-state index is 14.0. The molecule has 1 saturated carbocycles. The number of amides is 3. The van der Waals surface area contributed by atoms with Crippen LogP contribution in [-0.4, -0.2) is 49.8 Å². The van der Waals surface area contributed by atoms with Crippen LogP contribution in [0.4, 0.5) is 33.4 Å². The summed E-state index contributed by atoms with van der Waals surface area (Å²) in [6, 6.07) is 17.4. The van der Waals surface area contributed by atoms with E-state index >= 15 is 0 Å². The fourth-order valence-electron chi connectivity index (χ4n) is 5.81. The number of rotatable bonds is 7. The molecule has 1 aliphatic heterocycles. The zero-order chi connectivity index (χ0) is 33.5. The third-order valence-corrected chi connectivity index (χ3v) is 9.13. The molecule has 1 atom stereocenters. The first kappa shape index (κ1) is 31.3. The standard InChI is InChI=1S/C31H26F4N8O4S/c32-30(33)31(34,35)47-23-22(46-30)16-15-21-24(23)48-29(36-21)38-28(45)37-25(19-13-11-18(12-14-19)17-7-3-1-4-8-17)43(27-39-41-42-40-27)26(44)20-9-5-2-6-10-20/h2,5-6,9-17,25H,1,3-4,7-8H2,(H2,36,37,38,45)(H,39,40,41,42). The van der Waals surface area contributed by atoms with Crippen LogP contribution in [0.1, 0.15) is 65.7 Å². The predicted octanol–water partition coefficient (Wildman–Crippen LogP) is 6.98. The van der Waals surface area contributed by atoms with Crippen molar-refractivity contribution in [1.29, 1.82) is 0 Å². The topological polar surface area (TPSA) is 147 Å². The minimum atomic E-state index is -4.94. The highest BCUT2D eigenvalue weighted by Crippen LogP contribution is 2.51. The third kappa shape index (κ3) is 5.96. The molecule has 1 unspecified atom stereocenters. The SMILES string of the molecule is O=C(Nc1nc2ccc3c(c2s1)OC(F)(F)C(F)(F)O3)NC(c1ccc(C2CCCCC2)cc1)N(C(=O)c1ccccc1)c1nn[nH]n1. The van der Waals surface area contributed by atoms with Crippen LogP contribution in [0.3, 0.4) is 0 Å². The molecule has 0 bridgehead atoms. The molecule has 3 amide bonds. The van der Waals surface area contributed by atoms with Gasteiger partial charge in [-0.1, -0.05) is 78.2 Å². The molecular formula is C31H26F4N8O4S. The monoisotopic (exact) mass is 682 g/mol. The highest BCUT2D eigenvalue weighted by Gasteiger charge is 2.66. The number of fused-ring (bicyclic) bond motifs is 3. The molecule has 248 valence electrons. The molecule has 0 radical (unpaired) electrons. The lowest BCUT2D eigenvalue weighted by Gasteiger charge is -2.31. The predicted molar refractivity (Wildman–Crippen MR) is 165 cm³/mol. The molecule has 1 aliphatic carbocycles. The first-order chi connectivity index (χ1) is 23.1. The van der Waals surface area contributed by atoms with Gasteiger partial charge in [-0.3, -0.25) is 10.1 Å². The maximum atomic E-state index is 14.0. The van der Waals surface area contributed by atoms with Crippen LogP contribution in [0.25, 0.3) is 10.2 Å². The number of urea groups is 1. The number of tetrazole rings is 1. The Bertz CT molecular complexity index is 1940. The van der Waals surface area contributed by atoms with Crippen molar-refractivity contribution in [3.63, 3.8) is 0 Å². The Balaban J connectivity index is 1.21. The van der Waals surface area contributed by atoms with Gasteiger partial charge in [-0.05, 0) is 59.4 Å². The van der Waals surface area contributed by atoms with E-state index in [1.54, 1.807) is 30.3 Å². The smallest absolute Gasteiger partial charge is 0.421 e. The van der Waals surface area contributed by atoms with Crippen LogP contribution < -0.4 is 25.0 Å². The van der Waals surface area contributed by atoms with Crippen LogP contribution in [-0.2, 0) is 0 Å². The quantitative estimate of drug-likeness (QED) is 0.123. The van der Waals surface area contributed by atoms with Gasteiger partial charge in [0.15, 0.2) is 16.6 Å². The number of nitrogens with zero attached hydrogens (tertiary/aromatic N) is 5. The van der Waals surface area contributed by atoms with Gasteiger partial charge in [0, 0.05) is 5.56 Å². The Hall–Kier alpha value is -5.32. The van der Waals surface area contributed by atoms with Crippen molar-refractivity contribution < 1.29 is 36.6 Å². The molecule has 48 heavy (non-hydrogen) atoms. The molecule has 12 nitrogen and oxygen atoms in total. The van der Waals surface area contributed by atoms with E-state index in [1.165, 1.54) is 17.4 Å². The van der Waals surface area contributed by atoms with Gasteiger partial charge in [0.1, 0.15) is 10.9 Å². The molecule has 2 aliphatic rings. The Morgan fingerprint density at radius 1 is 0.938 bits per heavy atom. The maximum Gasteiger partial charge on any atom is 0.507 e. The minimum absolute atomic E-state index is 0.0551. The number of halogens is 4. The zero-order valence-electron chi connectivity index (χ0n) is 24.8. The van der Waals surface area contributed by atoms with Gasteiger partial charge in [0.05, 0.1) is 5.52 Å². The number of anilines is 2. The lowest BCUT2D eigenvalue weighted by atomic mass is 9.84. The number of carbonyl (C=O) groups is 2. The number of aromatic amines is 1. The highest BCUT2D eigenvalue weighted by atomic mass is 32.1. The normalized spacial score (nSPS) is 17.4. The van der Waals surface area contributed by atoms with Crippen molar-refractivity contribution in [2.45, 2.75) is 56.4 Å². The third-order valence-electron chi connectivity index (χ3n) is 8.15. The second-order valence-electron chi connectivity index (χ2n) is 11.3. The lowest BCUT2D eigenvalue weighted by molar-refractivity contribution is -0.391. The average molecular weight is 683 g/mol. The van der Waals surface area contributed by atoms with E-state index in [2.05, 4.69) is 45.7 Å². The van der Waals surface area contributed by atoms with E-state index in [0.29, 0.717) is 22.8 Å². The summed E-state index contributed by atoms with van der Waals surface area (Å²) in [5, 5.41) is 19.2. The number of carbonyl (C=O) groups excluding carboxylic acids is 2. The van der Waals surface area contributed by atoms with E-state index in [1.807, 2.05) is 24.3 Å². The highest BCUT2D eigenvalue weighted by molar-refractivity contribution is 7.22. The number of thiazole rings is 1. The second-order valence-corrected chi connectivity index (χ2v) is 12.3. The van der Waals surface area contributed by atoms with E-state index in [0.717, 1.165) is 37.3 Å². The summed E-state index contributed by atoms with van der Waals surface area (Å²) in [5.74, 6) is -1.49. The summed E-state index contributed by atoms with van der Waals surface area (Å²) < 4.78 is 63.9. The van der Waals surface area contributed by atoms with Gasteiger partial charge < -0.3 is 14.8 Å². The number of benzene rings is 3. The molecule has 3 N–H and O–H groups in total. The summed E-state index contributed by atoms with van der Waals surface area (Å²) in [7, 11) is 0. The molecule has 17 heteroatoms. The number of aromatic nitrogens is 5. The number of H-pyrrole nitrogens is 1. The number of hydrogen-bond acceptors (Lipinski definition) is 9. The van der Waals surface area contributed by atoms with E-state index in [9.17, 15) is 27.2 Å². The van der Waals surface area contributed by atoms with E-state index < -0.39 is 41.8 Å². The van der Waals surface area contributed by atoms with Gasteiger partial charge in [0.2, 0.25) is 0 Å². The summed E-state index contributed by atoms with van der Waals surface area (Å²) in [6.45, 7) is 0. The first-order valence-corrected chi connectivity index (χ1v) is 15.8. The largest absolute Gasteiger partial charge is 0.507 e. The average Bonchev–Trinajstić information content (AvgIpc) is 3.76. The number of ether oxygens (including phenoxy) is 2. The lowest BCUT2D eigenvalue weighted by Crippen LogP contribution is -2.52. The number of nitrogens with one attached hydrogen (secondary N) is 3. The summed E-state index contributed by atoms with van der Waals surface area (Å²) in [5.41, 5.74) is 2.04.